The van der Waals surface area contributed by atoms with E-state index in [1.54, 1.807) is 0 Å². The van der Waals surface area contributed by atoms with Crippen LogP contribution in [0.4, 0.5) is 4.79 Å². The second kappa shape index (κ2) is 9.62. The van der Waals surface area contributed by atoms with Gasteiger partial charge < -0.3 is 9.47 Å². The number of aryl methyl sites for hydroxylation is 1. The number of hydrogen-bond donors (Lipinski definition) is 0. The quantitative estimate of drug-likeness (QED) is 0.303. The molecule has 2 fully saturated rings. The second-order valence-corrected chi connectivity index (χ2v) is 10.9. The minimum absolute atomic E-state index is 0.0164. The predicted molar refractivity (Wildman–Crippen MR) is 149 cm³/mol. The van der Waals surface area contributed by atoms with Gasteiger partial charge in [0.25, 0.3) is 0 Å². The van der Waals surface area contributed by atoms with Crippen LogP contribution in [0, 0.1) is 12.8 Å². The largest absolute Gasteiger partial charge is 0.448 e. The van der Waals surface area contributed by atoms with Gasteiger partial charge in [-0.15, -0.1) is 0 Å². The molecule has 7 rings (SSSR count). The zero-order valence-corrected chi connectivity index (χ0v) is 21.9. The second-order valence-electron chi connectivity index (χ2n) is 10.9. The molecule has 1 aliphatic carbocycles. The van der Waals surface area contributed by atoms with Crippen LogP contribution >= 0.6 is 0 Å². The Morgan fingerprint density at radius 1 is 0.897 bits per heavy atom. The molecule has 2 atom stereocenters. The van der Waals surface area contributed by atoms with Gasteiger partial charge >= 0.3 is 6.09 Å². The molecule has 1 aromatic heterocycles. The van der Waals surface area contributed by atoms with Crippen LogP contribution < -0.4 is 0 Å². The average molecular weight is 519 g/mol. The van der Waals surface area contributed by atoms with Crippen molar-refractivity contribution in [1.82, 2.24) is 9.88 Å². The number of carbonyl (C=O) groups is 2. The van der Waals surface area contributed by atoms with E-state index >= 15 is 0 Å². The van der Waals surface area contributed by atoms with Crippen molar-refractivity contribution in [3.8, 4) is 11.1 Å². The van der Waals surface area contributed by atoms with E-state index < -0.39 is 0 Å². The molecule has 0 saturated carbocycles. The summed E-state index contributed by atoms with van der Waals surface area (Å²) in [6.45, 7) is 3.09. The molecule has 2 bridgehead atoms. The molecule has 0 N–H and O–H groups in total. The maximum absolute atomic E-state index is 13.6. The summed E-state index contributed by atoms with van der Waals surface area (Å²) in [4.78, 5) is 33.4. The van der Waals surface area contributed by atoms with Gasteiger partial charge in [0.15, 0.2) is 5.78 Å². The van der Waals surface area contributed by atoms with Crippen molar-refractivity contribution in [2.24, 2.45) is 5.92 Å². The van der Waals surface area contributed by atoms with Crippen LogP contribution in [0.5, 0.6) is 0 Å². The number of morpholine rings is 1. The number of ketones is 1. The molecule has 196 valence electrons. The van der Waals surface area contributed by atoms with Crippen molar-refractivity contribution >= 4 is 22.8 Å². The first-order valence-electron chi connectivity index (χ1n) is 13.7. The van der Waals surface area contributed by atoms with E-state index in [0.717, 1.165) is 16.6 Å². The smallest absolute Gasteiger partial charge is 0.410 e. The average Bonchev–Trinajstić information content (AvgIpc) is 3.28. The Kier molecular flexibility index (Phi) is 5.93. The van der Waals surface area contributed by atoms with Gasteiger partial charge in [0, 0.05) is 28.5 Å². The standard InChI is InChI=1S/C33H30N2O4/c1-20-10-11-21-14-22(12-13-31(21)34-20)32(36)23-15-24-17-38-18-25(16-23)35(24)33(37)39-19-30-28-8-4-2-6-26(28)27-7-3-5-9-29(27)30/h2-14,23-25,30H,15-19H2,1H3. The summed E-state index contributed by atoms with van der Waals surface area (Å²) < 4.78 is 11.8. The number of carbonyl (C=O) groups excluding carboxylic acids is 2. The minimum Gasteiger partial charge on any atom is -0.448 e. The van der Waals surface area contributed by atoms with E-state index in [2.05, 4.69) is 29.2 Å². The third-order valence-electron chi connectivity index (χ3n) is 8.55. The lowest BCUT2D eigenvalue weighted by atomic mass is 9.80. The summed E-state index contributed by atoms with van der Waals surface area (Å²) in [7, 11) is 0. The summed E-state index contributed by atoms with van der Waals surface area (Å²) in [5.74, 6) is -0.0123. The van der Waals surface area contributed by atoms with Gasteiger partial charge in [0.1, 0.15) is 6.61 Å². The Morgan fingerprint density at radius 3 is 2.26 bits per heavy atom. The zero-order valence-electron chi connectivity index (χ0n) is 21.9. The molecule has 3 aromatic carbocycles. The molecule has 2 aliphatic heterocycles. The molecule has 6 heteroatoms. The Balaban J connectivity index is 1.06. The SMILES string of the molecule is Cc1ccc2cc(C(=O)C3CC4COCC(C3)N4C(=O)OCC3c4ccccc4-c4ccccc43)ccc2n1. The number of benzene rings is 3. The molecular weight excluding hydrogens is 488 g/mol. The molecule has 6 nitrogen and oxygen atoms in total. The molecule has 2 saturated heterocycles. The van der Waals surface area contributed by atoms with E-state index in [1.807, 2.05) is 66.4 Å². The van der Waals surface area contributed by atoms with Gasteiger partial charge in [0.2, 0.25) is 0 Å². The predicted octanol–water partition coefficient (Wildman–Crippen LogP) is 6.15. The number of rotatable bonds is 4. The van der Waals surface area contributed by atoms with Crippen LogP contribution in [0.15, 0.2) is 78.9 Å². The van der Waals surface area contributed by atoms with Crippen LogP contribution in [0.1, 0.15) is 45.9 Å². The fourth-order valence-corrected chi connectivity index (χ4v) is 6.71. The Hall–Kier alpha value is -4.03. The van der Waals surface area contributed by atoms with Crippen LogP contribution in [-0.4, -0.2) is 53.7 Å². The minimum atomic E-state index is -0.312. The molecule has 0 radical (unpaired) electrons. The number of nitrogens with zero attached hydrogens (tertiary/aromatic N) is 2. The summed E-state index contributed by atoms with van der Waals surface area (Å²) in [6, 6.07) is 26.0. The van der Waals surface area contributed by atoms with Gasteiger partial charge in [0.05, 0.1) is 30.8 Å². The van der Waals surface area contributed by atoms with Gasteiger partial charge in [-0.3, -0.25) is 14.7 Å². The van der Waals surface area contributed by atoms with Crippen LogP contribution in [0.2, 0.25) is 0 Å². The zero-order chi connectivity index (χ0) is 26.5. The molecule has 39 heavy (non-hydrogen) atoms. The monoisotopic (exact) mass is 518 g/mol. The molecule has 0 spiro atoms. The highest BCUT2D eigenvalue weighted by Crippen LogP contribution is 2.45. The molecule has 3 heterocycles. The lowest BCUT2D eigenvalue weighted by Gasteiger charge is -2.47. The van der Waals surface area contributed by atoms with Crippen molar-refractivity contribution in [1.29, 1.82) is 0 Å². The first-order chi connectivity index (χ1) is 19.1. The lowest BCUT2D eigenvalue weighted by molar-refractivity contribution is -0.0747. The van der Waals surface area contributed by atoms with Crippen molar-refractivity contribution in [2.45, 2.75) is 37.8 Å². The Morgan fingerprint density at radius 2 is 1.56 bits per heavy atom. The van der Waals surface area contributed by atoms with Gasteiger partial charge in [-0.05, 0) is 66.3 Å². The highest BCUT2D eigenvalue weighted by molar-refractivity contribution is 6.01. The summed E-state index contributed by atoms with van der Waals surface area (Å²) in [5, 5.41) is 0.964. The Labute approximate surface area is 227 Å². The van der Waals surface area contributed by atoms with Crippen LogP contribution in [0.25, 0.3) is 22.0 Å². The normalized spacial score (nSPS) is 21.9. The maximum Gasteiger partial charge on any atom is 0.410 e. The van der Waals surface area contributed by atoms with Gasteiger partial charge in [-0.2, -0.15) is 0 Å². The molecule has 1 amide bonds. The maximum atomic E-state index is 13.6. The molecule has 2 unspecified atom stereocenters. The number of Topliss-reactive ketones (excluding diaryl/α,β-unsaturated/α-hetero) is 1. The first-order valence-corrected chi connectivity index (χ1v) is 13.7. The van der Waals surface area contributed by atoms with Crippen LogP contribution in [-0.2, 0) is 9.47 Å². The molecule has 3 aliphatic rings. The molecule has 4 aromatic rings. The van der Waals surface area contributed by atoms with Crippen molar-refractivity contribution in [3.05, 3.63) is 101 Å². The topological polar surface area (TPSA) is 68.7 Å². The third-order valence-corrected chi connectivity index (χ3v) is 8.55. The summed E-state index contributed by atoms with van der Waals surface area (Å²) >= 11 is 0. The number of aromatic nitrogens is 1. The van der Waals surface area contributed by atoms with Crippen LogP contribution in [0.3, 0.4) is 0 Å². The van der Waals surface area contributed by atoms with E-state index in [0.29, 0.717) is 31.6 Å². The number of pyridine rings is 1. The first kappa shape index (κ1) is 24.0. The fraction of sp³-hybridized carbons (Fsp3) is 0.303. The number of hydrogen-bond acceptors (Lipinski definition) is 5. The van der Waals surface area contributed by atoms with Crippen molar-refractivity contribution in [3.63, 3.8) is 0 Å². The van der Waals surface area contributed by atoms with Gasteiger partial charge in [-0.1, -0.05) is 54.6 Å². The summed E-state index contributed by atoms with van der Waals surface area (Å²) in [6.07, 6.45) is 0.834. The van der Waals surface area contributed by atoms with Gasteiger partial charge in [-0.25, -0.2) is 4.79 Å². The highest BCUT2D eigenvalue weighted by atomic mass is 16.6. The van der Waals surface area contributed by atoms with E-state index in [9.17, 15) is 9.59 Å². The molecular formula is C33H30N2O4. The summed E-state index contributed by atoms with van der Waals surface area (Å²) in [5.41, 5.74) is 7.35. The number of ether oxygens (including phenoxy) is 2. The number of piperidine rings is 1. The lowest BCUT2D eigenvalue weighted by Crippen LogP contribution is -2.60. The highest BCUT2D eigenvalue weighted by Gasteiger charge is 2.45. The Bertz CT molecular complexity index is 1540. The van der Waals surface area contributed by atoms with Crippen molar-refractivity contribution in [2.75, 3.05) is 19.8 Å². The van der Waals surface area contributed by atoms with E-state index in [1.165, 1.54) is 22.3 Å². The number of amides is 1. The van der Waals surface area contributed by atoms with Crippen molar-refractivity contribution < 1.29 is 19.1 Å². The fourth-order valence-electron chi connectivity index (χ4n) is 6.71. The number of fused-ring (bicyclic) bond motifs is 6. The van der Waals surface area contributed by atoms with E-state index in [-0.39, 0.29) is 42.4 Å². The van der Waals surface area contributed by atoms with E-state index in [4.69, 9.17) is 9.47 Å². The third kappa shape index (κ3) is 4.20.